The van der Waals surface area contributed by atoms with Crippen molar-refractivity contribution in [2.75, 3.05) is 88.7 Å². The number of halogens is 4. The van der Waals surface area contributed by atoms with Crippen molar-refractivity contribution < 1.29 is 75.4 Å². The van der Waals surface area contributed by atoms with Crippen LogP contribution in [0.15, 0.2) is 18.2 Å². The molecule has 0 unspecified atom stereocenters. The van der Waals surface area contributed by atoms with Crippen molar-refractivity contribution in [3.05, 3.63) is 34.3 Å². The summed E-state index contributed by atoms with van der Waals surface area (Å²) in [5.74, 6) is -8.96. The van der Waals surface area contributed by atoms with Crippen LogP contribution in [0.4, 0.5) is 13.2 Å². The number of carbonyl (C=O) groups is 12. The van der Waals surface area contributed by atoms with Crippen molar-refractivity contribution in [3.63, 3.8) is 0 Å². The average Bonchev–Trinajstić information content (AvgIpc) is 1.07. The highest BCUT2D eigenvalue weighted by Crippen LogP contribution is 2.39. The van der Waals surface area contributed by atoms with E-state index in [1.165, 1.54) is 102 Å². The minimum absolute atomic E-state index is 0.0117. The summed E-state index contributed by atoms with van der Waals surface area (Å²) in [5.41, 5.74) is -2.35. The minimum Gasteiger partial charge on any atom is -0.379 e. The van der Waals surface area contributed by atoms with E-state index in [0.29, 0.717) is 44.9 Å². The number of benzene rings is 1. The first-order valence-electron chi connectivity index (χ1n) is 35.7. The summed E-state index contributed by atoms with van der Waals surface area (Å²) >= 11 is 6.15. The fraction of sp³-hybridized carbons (Fsp3) is 0.746. The van der Waals surface area contributed by atoms with Gasteiger partial charge in [-0.1, -0.05) is 85.4 Å². The van der Waals surface area contributed by atoms with Crippen molar-refractivity contribution in [1.29, 1.82) is 0 Å². The fourth-order valence-corrected chi connectivity index (χ4v) is 14.5. The predicted molar refractivity (Wildman–Crippen MR) is 368 cm³/mol. The molecule has 1 aromatic rings. The smallest absolute Gasteiger partial charge is 0.379 e. The first-order valence-corrected chi connectivity index (χ1v) is 36.1. The summed E-state index contributed by atoms with van der Waals surface area (Å²) in [5, 5.41) is 8.05. The number of hydrogen-bond acceptors (Lipinski definition) is 13. The van der Waals surface area contributed by atoms with Crippen LogP contribution in [0.3, 0.4) is 0 Å². The molecule has 5 aliphatic rings. The van der Waals surface area contributed by atoms with Gasteiger partial charge in [0, 0.05) is 75.6 Å². The molecule has 0 aromatic heterocycles. The number of carbonyl (C=O) groups excluding carboxylic acids is 12. The predicted octanol–water partition coefficient (Wildman–Crippen LogP) is 5.12. The van der Waals surface area contributed by atoms with Gasteiger partial charge in [0.2, 0.25) is 70.9 Å². The molecular weight excluding hydrogens is 1320 g/mol. The van der Waals surface area contributed by atoms with Gasteiger partial charge < -0.3 is 64.8 Å². The van der Waals surface area contributed by atoms with E-state index >= 15 is 24.0 Å². The van der Waals surface area contributed by atoms with E-state index in [-0.39, 0.29) is 95.2 Å². The monoisotopic (exact) mass is 1430 g/mol. The van der Waals surface area contributed by atoms with Gasteiger partial charge in [-0.3, -0.25) is 57.5 Å². The lowest BCUT2D eigenvalue weighted by Crippen LogP contribution is -2.68. The molecule has 2 saturated carbocycles. The fourth-order valence-electron chi connectivity index (χ4n) is 14.2. The maximum Gasteiger partial charge on any atom is 0.417 e. The highest BCUT2D eigenvalue weighted by atomic mass is 35.5. The standard InChI is InChI=1S/C71H110ClF3N12O13/c1-16-33-85-55(41-100-36-30-42(3)4)65(95)80(11)40-56(88)76-50(28-26-46-25-27-48(49(72)38-46)71(73,74)75)63(93)86-34-20-24-51(86)61(91)78-70(31-21-32-70)69(99)84(15)59(47-22-18-19-23-47)68(98)83(14)54(64(94)79(9)10)39-57(89)82(13)53(37-43(5)6)60(90)77-58(44(7)17-2)67(97)81(12)45(8)62(92)87-35-29-52(87)66(85)96/h25,27,38,42-45,47,50-55,58-59H,16-24,26,28-37,39-41H2,1-15H3,(H,76,88)(H,77,90)(H,78,91)/t44-,45-,50-,51-,52-,53-,54-,55-,58-,59-/m0/s1. The second-order valence-corrected chi connectivity index (χ2v) is 29.8. The molecule has 3 saturated heterocycles. The quantitative estimate of drug-likeness (QED) is 0.182. The van der Waals surface area contributed by atoms with Gasteiger partial charge >= 0.3 is 6.18 Å². The molecule has 560 valence electrons. The summed E-state index contributed by atoms with van der Waals surface area (Å²) in [6, 6.07) is -8.22. The van der Waals surface area contributed by atoms with Crippen molar-refractivity contribution in [2.45, 2.75) is 231 Å². The van der Waals surface area contributed by atoms with E-state index in [1.807, 2.05) is 34.6 Å². The van der Waals surface area contributed by atoms with Crippen LogP contribution >= 0.6 is 11.6 Å². The number of rotatable bonds is 16. The first-order chi connectivity index (χ1) is 46.9. The van der Waals surface area contributed by atoms with Crippen LogP contribution in [-0.2, 0) is 74.9 Å². The molecular formula is C71H110ClF3N12O13. The number of fused-ring (bicyclic) bond motifs is 2. The topological polar surface area (TPSA) is 279 Å². The molecule has 1 spiro atoms. The Kier molecular flexibility index (Phi) is 29.2. The number of likely N-dealkylation sites (N-methyl/N-ethyl adjacent to an activating group) is 6. The Balaban J connectivity index is 1.44. The first kappa shape index (κ1) is 81.9. The van der Waals surface area contributed by atoms with Crippen molar-refractivity contribution >= 4 is 82.5 Å². The third kappa shape index (κ3) is 19.5. The highest BCUT2D eigenvalue weighted by molar-refractivity contribution is 6.31. The van der Waals surface area contributed by atoms with Gasteiger partial charge in [-0.05, 0) is 132 Å². The van der Waals surface area contributed by atoms with Gasteiger partial charge in [-0.25, -0.2) is 0 Å². The van der Waals surface area contributed by atoms with E-state index in [1.54, 1.807) is 13.8 Å². The molecule has 6 rings (SSSR count). The normalized spacial score (nSPS) is 26.6. The molecule has 3 aliphatic heterocycles. The largest absolute Gasteiger partial charge is 0.417 e. The Bertz CT molecular complexity index is 3130. The number of amides is 12. The number of ether oxygens (including phenoxy) is 1. The molecule has 2 aliphatic carbocycles. The summed E-state index contributed by atoms with van der Waals surface area (Å²) in [4.78, 5) is 190. The SMILES string of the molecule is CCCN1C(=O)[C@@H]2CCN2C(=O)[C@H](C)N(C)C(=O)[C@H]([C@@H](C)CC)NC(=O)[C@H](CC(C)C)N(C)C(=O)C[C@@H](C(=O)N(C)C)N(C)C(=O)[C@H](C2CCCC2)N(C)C(=O)C2(CCC2)NC(=O)[C@@H]2CCCN2C(=O)[C@H](CCc2ccc(C(F)(F)F)c(Cl)c2)NC(=O)CN(C)C(=O)[C@@H]1COCCC(C)C. The maximum atomic E-state index is 15.4. The van der Waals surface area contributed by atoms with E-state index in [0.717, 1.165) is 29.9 Å². The summed E-state index contributed by atoms with van der Waals surface area (Å²) in [6.07, 6.45) is -0.250. The van der Waals surface area contributed by atoms with Gasteiger partial charge in [0.05, 0.1) is 30.2 Å². The lowest BCUT2D eigenvalue weighted by molar-refractivity contribution is -0.162. The zero-order valence-corrected chi connectivity index (χ0v) is 62.1. The Labute approximate surface area is 592 Å². The lowest BCUT2D eigenvalue weighted by Gasteiger charge is -2.46. The molecule has 12 amide bonds. The molecule has 10 atom stereocenters. The van der Waals surface area contributed by atoms with Gasteiger partial charge in [0.25, 0.3) is 0 Å². The Morgan fingerprint density at radius 3 is 1.92 bits per heavy atom. The zero-order chi connectivity index (χ0) is 74.6. The third-order valence-corrected chi connectivity index (χ3v) is 21.4. The number of nitrogens with one attached hydrogen (secondary N) is 3. The van der Waals surface area contributed by atoms with Gasteiger partial charge in [0.15, 0.2) is 0 Å². The van der Waals surface area contributed by atoms with Gasteiger partial charge in [-0.2, -0.15) is 13.2 Å². The second-order valence-electron chi connectivity index (χ2n) is 29.4. The minimum atomic E-state index is -4.77. The Hall–Kier alpha value is -7.10. The van der Waals surface area contributed by atoms with Crippen LogP contribution in [0.1, 0.15) is 169 Å². The summed E-state index contributed by atoms with van der Waals surface area (Å²) in [7, 11) is 9.98. The van der Waals surface area contributed by atoms with Crippen LogP contribution in [0.2, 0.25) is 5.02 Å². The molecule has 0 bridgehead atoms. The zero-order valence-electron chi connectivity index (χ0n) is 61.3. The molecule has 100 heavy (non-hydrogen) atoms. The number of hydrogen-bond donors (Lipinski definition) is 3. The molecule has 25 nitrogen and oxygen atoms in total. The number of nitrogens with zero attached hydrogens (tertiary/aromatic N) is 9. The summed E-state index contributed by atoms with van der Waals surface area (Å²) in [6.45, 7) is 13.9. The second kappa shape index (κ2) is 35.7. The van der Waals surface area contributed by atoms with E-state index in [4.69, 9.17) is 16.3 Å². The van der Waals surface area contributed by atoms with Crippen molar-refractivity contribution in [2.24, 2.45) is 23.7 Å². The van der Waals surface area contributed by atoms with E-state index < -0.39 is 172 Å². The molecule has 3 N–H and O–H groups in total. The number of alkyl halides is 3. The summed E-state index contributed by atoms with van der Waals surface area (Å²) < 4.78 is 47.7. The van der Waals surface area contributed by atoms with Gasteiger partial charge in [0.1, 0.15) is 59.9 Å². The Morgan fingerprint density at radius 1 is 0.720 bits per heavy atom. The lowest BCUT2D eigenvalue weighted by atomic mass is 9.74. The Morgan fingerprint density at radius 2 is 1.37 bits per heavy atom. The molecule has 1 aromatic carbocycles. The van der Waals surface area contributed by atoms with Crippen LogP contribution < -0.4 is 16.0 Å². The van der Waals surface area contributed by atoms with Gasteiger partial charge in [-0.15, -0.1) is 0 Å². The van der Waals surface area contributed by atoms with Crippen molar-refractivity contribution in [3.8, 4) is 0 Å². The average molecular weight is 1430 g/mol. The highest BCUT2D eigenvalue weighted by Gasteiger charge is 2.53. The van der Waals surface area contributed by atoms with Crippen LogP contribution in [0.5, 0.6) is 0 Å². The van der Waals surface area contributed by atoms with Crippen LogP contribution in [0, 0.1) is 23.7 Å². The molecule has 0 radical (unpaired) electrons. The van der Waals surface area contributed by atoms with Crippen LogP contribution in [0.25, 0.3) is 0 Å². The van der Waals surface area contributed by atoms with Crippen LogP contribution in [-0.4, -0.2) is 264 Å². The van der Waals surface area contributed by atoms with E-state index in [9.17, 15) is 46.7 Å². The molecule has 29 heteroatoms. The van der Waals surface area contributed by atoms with Crippen molar-refractivity contribution in [1.82, 2.24) is 60.0 Å². The number of aryl methyl sites for hydroxylation is 1. The molecule has 3 heterocycles. The maximum absolute atomic E-state index is 15.4. The van der Waals surface area contributed by atoms with E-state index in [2.05, 4.69) is 16.0 Å². The molecule has 5 fully saturated rings. The third-order valence-electron chi connectivity index (χ3n) is 21.0.